The van der Waals surface area contributed by atoms with Gasteiger partial charge in [-0.25, -0.2) is 0 Å². The van der Waals surface area contributed by atoms with Crippen molar-refractivity contribution in [3.8, 4) is 0 Å². The summed E-state index contributed by atoms with van der Waals surface area (Å²) >= 11 is 0. The molecule has 0 radical (unpaired) electrons. The lowest BCUT2D eigenvalue weighted by molar-refractivity contribution is 0.182. The van der Waals surface area contributed by atoms with E-state index in [1.165, 1.54) is 38.5 Å². The molecule has 0 saturated heterocycles. The van der Waals surface area contributed by atoms with Gasteiger partial charge < -0.3 is 14.7 Å². The van der Waals surface area contributed by atoms with E-state index in [-0.39, 0.29) is 4.70 Å². The molecule has 0 bridgehead atoms. The molecule has 0 aromatic rings. The minimum absolute atomic E-state index is 0. The minimum Gasteiger partial charge on any atom is -0.402 e. The first-order chi connectivity index (χ1) is 6.77. The maximum atomic E-state index is 8.39. The minimum atomic E-state index is -1.60. The highest BCUT2D eigenvalue weighted by atomic mass is 19.0. The third-order valence-electron chi connectivity index (χ3n) is 2.26. The first kappa shape index (κ1) is 17.3. The average molecular weight is 222 g/mol. The fourth-order valence-corrected chi connectivity index (χ4v) is 1.42. The topological polar surface area (TPSA) is 49.7 Å². The van der Waals surface area contributed by atoms with Gasteiger partial charge in [0.2, 0.25) is 0 Å². The quantitative estimate of drug-likeness (QED) is 0.440. The van der Waals surface area contributed by atoms with Crippen molar-refractivity contribution < 1.29 is 19.4 Å². The van der Waals surface area contributed by atoms with Gasteiger partial charge in [-0.1, -0.05) is 51.9 Å². The Bertz CT molecular complexity index is 115. The van der Waals surface area contributed by atoms with Gasteiger partial charge in [-0.2, -0.15) is 0 Å². The average Bonchev–Trinajstić information content (AvgIpc) is 2.15. The molecule has 0 spiro atoms. The molecule has 0 aromatic heterocycles. The van der Waals surface area contributed by atoms with Gasteiger partial charge in [0.25, 0.3) is 0 Å². The van der Waals surface area contributed by atoms with E-state index in [9.17, 15) is 0 Å². The van der Waals surface area contributed by atoms with Crippen molar-refractivity contribution >= 4 is 7.32 Å². The summed E-state index contributed by atoms with van der Waals surface area (Å²) < 4.78 is 4.60. The Hall–Kier alpha value is -0.125. The first-order valence-corrected chi connectivity index (χ1v) is 5.75. The van der Waals surface area contributed by atoms with Gasteiger partial charge in [0, 0.05) is 6.61 Å². The molecule has 0 rings (SSSR count). The second-order valence-electron chi connectivity index (χ2n) is 3.67. The molecule has 0 aliphatic carbocycles. The maximum Gasteiger partial charge on any atom is 0.633 e. The normalized spacial score (nSPS) is 9.80. The van der Waals surface area contributed by atoms with Crippen molar-refractivity contribution in [3.05, 3.63) is 0 Å². The molecular formula is C10H24BFO3. The number of hydrogen-bond acceptors (Lipinski definition) is 3. The van der Waals surface area contributed by atoms with E-state index in [4.69, 9.17) is 10.0 Å². The van der Waals surface area contributed by atoms with E-state index in [2.05, 4.69) is 11.6 Å². The second kappa shape index (κ2) is 13.9. The molecule has 2 N–H and O–H groups in total. The first-order valence-electron chi connectivity index (χ1n) is 5.75. The van der Waals surface area contributed by atoms with Crippen LogP contribution >= 0.6 is 0 Å². The third-order valence-corrected chi connectivity index (χ3v) is 2.26. The SMILES string of the molecule is CCCCCCCCCCOB(O)O.F. The van der Waals surface area contributed by atoms with E-state index in [0.29, 0.717) is 6.61 Å². The standard InChI is InChI=1S/C10H23BO3.FH/c1-2-3-4-5-6-7-8-9-10-14-11(12)13;/h12-13H,2-10H2,1H3;1H. The van der Waals surface area contributed by atoms with Crippen LogP contribution in [0.25, 0.3) is 0 Å². The van der Waals surface area contributed by atoms with E-state index < -0.39 is 7.32 Å². The molecule has 0 unspecified atom stereocenters. The number of rotatable bonds is 10. The number of halogens is 1. The molecule has 0 atom stereocenters. The highest BCUT2D eigenvalue weighted by Gasteiger charge is 2.06. The van der Waals surface area contributed by atoms with Gasteiger partial charge in [-0.15, -0.1) is 0 Å². The Morgan fingerprint density at radius 1 is 0.867 bits per heavy atom. The van der Waals surface area contributed by atoms with E-state index in [0.717, 1.165) is 12.8 Å². The molecule has 92 valence electrons. The van der Waals surface area contributed by atoms with Gasteiger partial charge in [-0.05, 0) is 6.42 Å². The number of hydrogen-bond donors (Lipinski definition) is 2. The summed E-state index contributed by atoms with van der Waals surface area (Å²) in [4.78, 5) is 0. The lowest BCUT2D eigenvalue weighted by Gasteiger charge is -2.02. The molecule has 0 amide bonds. The molecule has 5 heteroatoms. The molecule has 0 saturated carbocycles. The molecule has 0 fully saturated rings. The third kappa shape index (κ3) is 16.5. The van der Waals surface area contributed by atoms with Crippen LogP contribution in [0.1, 0.15) is 58.3 Å². The van der Waals surface area contributed by atoms with Crippen LogP contribution in [-0.4, -0.2) is 24.0 Å². The lowest BCUT2D eigenvalue weighted by atomic mass is 10.1. The summed E-state index contributed by atoms with van der Waals surface area (Å²) in [6, 6.07) is 0. The Morgan fingerprint density at radius 2 is 1.33 bits per heavy atom. The molecule has 15 heavy (non-hydrogen) atoms. The lowest BCUT2D eigenvalue weighted by Crippen LogP contribution is -2.17. The molecular weight excluding hydrogens is 198 g/mol. The Kier molecular flexibility index (Phi) is 16.0. The zero-order valence-electron chi connectivity index (χ0n) is 9.65. The van der Waals surface area contributed by atoms with Gasteiger partial charge in [0.15, 0.2) is 0 Å². The van der Waals surface area contributed by atoms with Crippen LogP contribution in [0.15, 0.2) is 0 Å². The van der Waals surface area contributed by atoms with E-state index >= 15 is 0 Å². The summed E-state index contributed by atoms with van der Waals surface area (Å²) in [6.45, 7) is 2.67. The summed E-state index contributed by atoms with van der Waals surface area (Å²) in [6.07, 6.45) is 9.89. The summed E-state index contributed by atoms with van der Waals surface area (Å²) in [5.74, 6) is 0. The van der Waals surface area contributed by atoms with Crippen LogP contribution in [0, 0.1) is 0 Å². The Morgan fingerprint density at radius 3 is 1.80 bits per heavy atom. The van der Waals surface area contributed by atoms with Crippen LogP contribution < -0.4 is 0 Å². The van der Waals surface area contributed by atoms with E-state index in [1.807, 2.05) is 0 Å². The summed E-state index contributed by atoms with van der Waals surface area (Å²) in [5.41, 5.74) is 0. The summed E-state index contributed by atoms with van der Waals surface area (Å²) in [5, 5.41) is 16.8. The van der Waals surface area contributed by atoms with E-state index in [1.54, 1.807) is 0 Å². The zero-order chi connectivity index (χ0) is 10.6. The fraction of sp³-hybridized carbons (Fsp3) is 1.00. The van der Waals surface area contributed by atoms with Crippen molar-refractivity contribution in [2.75, 3.05) is 6.61 Å². The second-order valence-corrected chi connectivity index (χ2v) is 3.67. The number of unbranched alkanes of at least 4 members (excludes halogenated alkanes) is 7. The van der Waals surface area contributed by atoms with Crippen LogP contribution in [0.3, 0.4) is 0 Å². The summed E-state index contributed by atoms with van der Waals surface area (Å²) in [7, 11) is -1.60. The highest BCUT2D eigenvalue weighted by molar-refractivity contribution is 6.32. The molecule has 3 nitrogen and oxygen atoms in total. The molecule has 0 aromatic carbocycles. The van der Waals surface area contributed by atoms with Crippen molar-refractivity contribution in [3.63, 3.8) is 0 Å². The highest BCUT2D eigenvalue weighted by Crippen LogP contribution is 2.08. The largest absolute Gasteiger partial charge is 0.633 e. The van der Waals surface area contributed by atoms with Crippen LogP contribution in [0.2, 0.25) is 0 Å². The van der Waals surface area contributed by atoms with Crippen molar-refractivity contribution in [2.24, 2.45) is 0 Å². The van der Waals surface area contributed by atoms with Gasteiger partial charge in [-0.3, -0.25) is 4.70 Å². The van der Waals surface area contributed by atoms with Gasteiger partial charge >= 0.3 is 7.32 Å². The Labute approximate surface area is 92.4 Å². The van der Waals surface area contributed by atoms with Gasteiger partial charge in [0.05, 0.1) is 0 Å². The maximum absolute atomic E-state index is 8.39. The smallest absolute Gasteiger partial charge is 0.402 e. The predicted molar refractivity (Wildman–Crippen MR) is 61.3 cm³/mol. The molecule has 0 heterocycles. The van der Waals surface area contributed by atoms with Crippen molar-refractivity contribution in [1.29, 1.82) is 0 Å². The van der Waals surface area contributed by atoms with Crippen LogP contribution in [0.5, 0.6) is 0 Å². The fourth-order valence-electron chi connectivity index (χ4n) is 1.42. The van der Waals surface area contributed by atoms with Crippen LogP contribution in [-0.2, 0) is 4.65 Å². The molecule has 0 aliphatic rings. The van der Waals surface area contributed by atoms with Crippen molar-refractivity contribution in [2.45, 2.75) is 58.3 Å². The van der Waals surface area contributed by atoms with Crippen molar-refractivity contribution in [1.82, 2.24) is 0 Å². The predicted octanol–water partition coefficient (Wildman–Crippen LogP) is 2.27. The van der Waals surface area contributed by atoms with Gasteiger partial charge in [0.1, 0.15) is 0 Å². The molecule has 0 aliphatic heterocycles. The monoisotopic (exact) mass is 222 g/mol. The zero-order valence-corrected chi connectivity index (χ0v) is 9.65. The Balaban J connectivity index is 0. The van der Waals surface area contributed by atoms with Crippen LogP contribution in [0.4, 0.5) is 4.70 Å².